The Kier molecular flexibility index (Phi) is 4.84. The van der Waals surface area contributed by atoms with Crippen LogP contribution in [0.2, 0.25) is 0 Å². The molecule has 0 fully saturated rings. The van der Waals surface area contributed by atoms with Gasteiger partial charge in [0.25, 0.3) is 0 Å². The van der Waals surface area contributed by atoms with Gasteiger partial charge in [0.05, 0.1) is 14.2 Å². The number of alkyl halides is 1. The predicted molar refractivity (Wildman–Crippen MR) is 42.8 cm³/mol. The van der Waals surface area contributed by atoms with Crippen LogP contribution in [0, 0.1) is 0 Å². The summed E-state index contributed by atoms with van der Waals surface area (Å²) in [6.07, 6.45) is -1.54. The molecule has 0 aromatic rings. The summed E-state index contributed by atoms with van der Waals surface area (Å²) >= 11 is 2.78. The molecule has 0 spiro atoms. The van der Waals surface area contributed by atoms with E-state index >= 15 is 0 Å². The lowest BCUT2D eigenvalue weighted by Gasteiger charge is -2.12. The maximum atomic E-state index is 10.7. The molecule has 0 aliphatic rings. The van der Waals surface area contributed by atoms with Crippen LogP contribution in [0.4, 0.5) is 0 Å². The van der Waals surface area contributed by atoms with E-state index in [1.165, 1.54) is 0 Å². The maximum Gasteiger partial charge on any atom is 0.336 e. The normalized spacial score (nSPS) is 14.7. The van der Waals surface area contributed by atoms with Crippen molar-refractivity contribution < 1.29 is 24.2 Å². The standard InChI is InChI=1S/C6H9BrO5/c1-11-5(9)3(7)4(8)6(10)12-2/h3-4,8H,1-2H3/t3-,4+/m0/s1. The molecule has 0 radical (unpaired) electrons. The van der Waals surface area contributed by atoms with Crippen molar-refractivity contribution in [3.63, 3.8) is 0 Å². The minimum absolute atomic E-state index is 0.729. The first-order valence-corrected chi connectivity index (χ1v) is 3.94. The largest absolute Gasteiger partial charge is 0.468 e. The van der Waals surface area contributed by atoms with Crippen molar-refractivity contribution in [1.82, 2.24) is 0 Å². The highest BCUT2D eigenvalue weighted by atomic mass is 79.9. The number of ether oxygens (including phenoxy) is 2. The van der Waals surface area contributed by atoms with Crippen LogP contribution in [-0.4, -0.2) is 42.2 Å². The fourth-order valence-electron chi connectivity index (χ4n) is 0.482. The fraction of sp³-hybridized carbons (Fsp3) is 0.667. The van der Waals surface area contributed by atoms with Crippen LogP contribution in [0.15, 0.2) is 0 Å². The zero-order chi connectivity index (χ0) is 9.72. The van der Waals surface area contributed by atoms with E-state index in [1.54, 1.807) is 0 Å². The minimum atomic E-state index is -1.54. The molecule has 6 heteroatoms. The van der Waals surface area contributed by atoms with Crippen LogP contribution in [0.5, 0.6) is 0 Å². The Morgan fingerprint density at radius 2 is 1.67 bits per heavy atom. The zero-order valence-corrected chi connectivity index (χ0v) is 8.20. The summed E-state index contributed by atoms with van der Waals surface area (Å²) < 4.78 is 8.48. The van der Waals surface area contributed by atoms with Gasteiger partial charge in [-0.3, -0.25) is 4.79 Å². The van der Waals surface area contributed by atoms with E-state index in [0.717, 1.165) is 14.2 Å². The first kappa shape index (κ1) is 11.4. The molecule has 1 N–H and O–H groups in total. The van der Waals surface area contributed by atoms with E-state index in [0.29, 0.717) is 0 Å². The zero-order valence-electron chi connectivity index (χ0n) is 6.61. The van der Waals surface area contributed by atoms with E-state index in [4.69, 9.17) is 5.11 Å². The Morgan fingerprint density at radius 1 is 1.25 bits per heavy atom. The summed E-state index contributed by atoms with van der Waals surface area (Å²) in [5.41, 5.74) is 0. The van der Waals surface area contributed by atoms with Gasteiger partial charge in [-0.05, 0) is 0 Å². The first-order chi connectivity index (χ1) is 5.54. The van der Waals surface area contributed by atoms with E-state index in [9.17, 15) is 9.59 Å². The molecule has 0 aliphatic carbocycles. The number of carbonyl (C=O) groups excluding carboxylic acids is 2. The number of rotatable bonds is 3. The SMILES string of the molecule is COC(=O)[C@@H](Br)[C@@H](O)C(=O)OC. The summed E-state index contributed by atoms with van der Waals surface area (Å²) in [6, 6.07) is 0. The van der Waals surface area contributed by atoms with E-state index in [1.807, 2.05) is 0 Å². The lowest BCUT2D eigenvalue weighted by Crippen LogP contribution is -2.36. The van der Waals surface area contributed by atoms with Crippen LogP contribution in [0.25, 0.3) is 0 Å². The van der Waals surface area contributed by atoms with Gasteiger partial charge >= 0.3 is 11.9 Å². The second-order valence-corrected chi connectivity index (χ2v) is 2.88. The first-order valence-electron chi connectivity index (χ1n) is 3.02. The van der Waals surface area contributed by atoms with Crippen molar-refractivity contribution in [2.45, 2.75) is 10.9 Å². The maximum absolute atomic E-state index is 10.7. The van der Waals surface area contributed by atoms with Crippen LogP contribution in [0.3, 0.4) is 0 Å². The molecule has 0 saturated heterocycles. The number of halogens is 1. The van der Waals surface area contributed by atoms with Crippen LogP contribution in [-0.2, 0) is 19.1 Å². The summed E-state index contributed by atoms with van der Waals surface area (Å²) in [5.74, 6) is -1.62. The summed E-state index contributed by atoms with van der Waals surface area (Å²) in [5, 5.41) is 9.07. The molecule has 0 heterocycles. The molecule has 70 valence electrons. The third-order valence-electron chi connectivity index (χ3n) is 1.15. The van der Waals surface area contributed by atoms with Gasteiger partial charge in [0.15, 0.2) is 6.10 Å². The van der Waals surface area contributed by atoms with Crippen molar-refractivity contribution in [3.8, 4) is 0 Å². The van der Waals surface area contributed by atoms with E-state index in [2.05, 4.69) is 25.4 Å². The summed E-state index contributed by atoms with van der Waals surface area (Å²) in [6.45, 7) is 0. The summed E-state index contributed by atoms with van der Waals surface area (Å²) in [7, 11) is 2.27. The molecule has 2 atom stereocenters. The molecular formula is C6H9BrO5. The molecule has 0 aromatic carbocycles. The average Bonchev–Trinajstić information content (AvgIpc) is 2.12. The second-order valence-electron chi connectivity index (χ2n) is 1.89. The topological polar surface area (TPSA) is 72.8 Å². The van der Waals surface area contributed by atoms with Gasteiger partial charge in [-0.15, -0.1) is 0 Å². The minimum Gasteiger partial charge on any atom is -0.468 e. The monoisotopic (exact) mass is 240 g/mol. The third-order valence-corrected chi connectivity index (χ3v) is 2.02. The van der Waals surface area contributed by atoms with Gasteiger partial charge in [-0.2, -0.15) is 0 Å². The Hall–Kier alpha value is -0.620. The molecule has 0 saturated carbocycles. The van der Waals surface area contributed by atoms with Crippen molar-refractivity contribution >= 4 is 27.9 Å². The number of aliphatic hydroxyl groups is 1. The van der Waals surface area contributed by atoms with Crippen molar-refractivity contribution in [2.24, 2.45) is 0 Å². The Morgan fingerprint density at radius 3 is 2.00 bits per heavy atom. The molecule has 12 heavy (non-hydrogen) atoms. The van der Waals surface area contributed by atoms with Crippen LogP contribution >= 0.6 is 15.9 Å². The average molecular weight is 241 g/mol. The van der Waals surface area contributed by atoms with Gasteiger partial charge in [0.1, 0.15) is 4.83 Å². The molecule has 0 bridgehead atoms. The lowest BCUT2D eigenvalue weighted by molar-refractivity contribution is -0.155. The number of hydrogen-bond donors (Lipinski definition) is 1. The Balaban J connectivity index is 4.18. The highest BCUT2D eigenvalue weighted by molar-refractivity contribution is 9.10. The third kappa shape index (κ3) is 2.78. The molecule has 0 rings (SSSR count). The van der Waals surface area contributed by atoms with Gasteiger partial charge in [-0.1, -0.05) is 15.9 Å². The van der Waals surface area contributed by atoms with Gasteiger partial charge in [-0.25, -0.2) is 4.79 Å². The van der Waals surface area contributed by atoms with Crippen LogP contribution < -0.4 is 0 Å². The van der Waals surface area contributed by atoms with Gasteiger partial charge < -0.3 is 14.6 Å². The quantitative estimate of drug-likeness (QED) is 0.530. The predicted octanol–water partition coefficient (Wildman–Crippen LogP) is -0.543. The molecular weight excluding hydrogens is 232 g/mol. The van der Waals surface area contributed by atoms with Crippen LogP contribution in [0.1, 0.15) is 0 Å². The highest BCUT2D eigenvalue weighted by Gasteiger charge is 2.31. The molecule has 5 nitrogen and oxygen atoms in total. The van der Waals surface area contributed by atoms with Crippen molar-refractivity contribution in [1.29, 1.82) is 0 Å². The molecule has 0 amide bonds. The molecule has 0 aliphatic heterocycles. The van der Waals surface area contributed by atoms with E-state index < -0.39 is 22.9 Å². The number of aliphatic hydroxyl groups excluding tert-OH is 1. The van der Waals surface area contributed by atoms with E-state index in [-0.39, 0.29) is 0 Å². The highest BCUT2D eigenvalue weighted by Crippen LogP contribution is 2.08. The molecule has 0 aromatic heterocycles. The number of esters is 2. The summed E-state index contributed by atoms with van der Waals surface area (Å²) in [4.78, 5) is 20.3. The number of carbonyl (C=O) groups is 2. The second kappa shape index (κ2) is 5.10. The number of methoxy groups -OCH3 is 2. The van der Waals surface area contributed by atoms with Crippen molar-refractivity contribution in [3.05, 3.63) is 0 Å². The Bertz CT molecular complexity index is 161. The molecule has 0 unspecified atom stereocenters. The smallest absolute Gasteiger partial charge is 0.336 e. The number of hydrogen-bond acceptors (Lipinski definition) is 5. The Labute approximate surface area is 77.8 Å². The fourth-order valence-corrected chi connectivity index (χ4v) is 0.884. The van der Waals surface area contributed by atoms with Gasteiger partial charge in [0, 0.05) is 0 Å². The van der Waals surface area contributed by atoms with Crippen molar-refractivity contribution in [2.75, 3.05) is 14.2 Å². The lowest BCUT2D eigenvalue weighted by atomic mass is 10.2. The van der Waals surface area contributed by atoms with Gasteiger partial charge in [0.2, 0.25) is 0 Å².